The summed E-state index contributed by atoms with van der Waals surface area (Å²) in [4.78, 5) is 24.0. The summed E-state index contributed by atoms with van der Waals surface area (Å²) in [5.41, 5.74) is -2.19. The quantitative estimate of drug-likeness (QED) is 0.802. The Morgan fingerprint density at radius 2 is 2.00 bits per heavy atom. The summed E-state index contributed by atoms with van der Waals surface area (Å²) in [5.74, 6) is -5.31. The molecule has 1 saturated carbocycles. The van der Waals surface area contributed by atoms with Crippen molar-refractivity contribution < 1.29 is 23.5 Å². The van der Waals surface area contributed by atoms with Crippen molar-refractivity contribution in [3.8, 4) is 0 Å². The zero-order valence-electron chi connectivity index (χ0n) is 11.5. The first kappa shape index (κ1) is 15.2. The molecule has 0 radical (unpaired) electrons. The van der Waals surface area contributed by atoms with Crippen molar-refractivity contribution in [1.82, 2.24) is 10.2 Å². The molecule has 2 rings (SSSR count). The van der Waals surface area contributed by atoms with E-state index in [-0.39, 0.29) is 37.9 Å². The van der Waals surface area contributed by atoms with E-state index in [0.717, 1.165) is 4.90 Å². The van der Waals surface area contributed by atoms with Gasteiger partial charge in [-0.3, -0.25) is 9.59 Å². The third kappa shape index (κ3) is 2.63. The maximum absolute atomic E-state index is 14.1. The molecular weight excluding hydrogens is 270 g/mol. The van der Waals surface area contributed by atoms with Gasteiger partial charge in [0.1, 0.15) is 5.60 Å². The molecule has 2 N–H and O–H groups in total. The van der Waals surface area contributed by atoms with Gasteiger partial charge in [0.25, 0.3) is 5.91 Å². The van der Waals surface area contributed by atoms with E-state index in [9.17, 15) is 23.5 Å². The number of rotatable bonds is 3. The number of hydrogen-bond donors (Lipinski definition) is 2. The standard InChI is InChI=1S/C13H20F2N2O3/c1-9(18)16-10-4-2-7-17(8-10)11(19)13(14,15)12(20)5-3-6-12/h10,20H,2-8H2,1H3,(H,16,18)/t10-/m0/s1. The Morgan fingerprint density at radius 3 is 2.50 bits per heavy atom. The fourth-order valence-corrected chi connectivity index (χ4v) is 2.79. The summed E-state index contributed by atoms with van der Waals surface area (Å²) in [6.45, 7) is 1.66. The summed E-state index contributed by atoms with van der Waals surface area (Å²) >= 11 is 0. The number of carbonyl (C=O) groups excluding carboxylic acids is 2. The number of halogens is 2. The second kappa shape index (κ2) is 5.27. The van der Waals surface area contributed by atoms with Gasteiger partial charge in [-0.1, -0.05) is 0 Å². The van der Waals surface area contributed by atoms with Gasteiger partial charge in [-0.25, -0.2) is 0 Å². The third-order valence-electron chi connectivity index (χ3n) is 4.15. The average Bonchev–Trinajstić information content (AvgIpc) is 2.34. The van der Waals surface area contributed by atoms with Crippen LogP contribution in [0.4, 0.5) is 8.78 Å². The van der Waals surface area contributed by atoms with Crippen molar-refractivity contribution >= 4 is 11.8 Å². The highest BCUT2D eigenvalue weighted by atomic mass is 19.3. The minimum absolute atomic E-state index is 0.0469. The van der Waals surface area contributed by atoms with Crippen LogP contribution < -0.4 is 5.32 Å². The summed E-state index contributed by atoms with van der Waals surface area (Å²) < 4.78 is 28.2. The van der Waals surface area contributed by atoms with Crippen LogP contribution in [0.1, 0.15) is 39.0 Å². The molecule has 2 amide bonds. The van der Waals surface area contributed by atoms with Gasteiger partial charge in [0, 0.05) is 26.1 Å². The number of nitrogens with zero attached hydrogens (tertiary/aromatic N) is 1. The molecule has 0 spiro atoms. The first-order valence-corrected chi connectivity index (χ1v) is 6.93. The highest BCUT2D eigenvalue weighted by Crippen LogP contribution is 2.45. The Hall–Kier alpha value is -1.24. The molecule has 0 aromatic rings. The van der Waals surface area contributed by atoms with E-state index in [4.69, 9.17) is 0 Å². The number of nitrogens with one attached hydrogen (secondary N) is 1. The fourth-order valence-electron chi connectivity index (χ4n) is 2.79. The molecule has 5 nitrogen and oxygen atoms in total. The van der Waals surface area contributed by atoms with Gasteiger partial charge in [-0.2, -0.15) is 8.78 Å². The predicted octanol–water partition coefficient (Wildman–Crippen LogP) is 0.664. The smallest absolute Gasteiger partial charge is 0.352 e. The molecule has 0 bridgehead atoms. The third-order valence-corrected chi connectivity index (χ3v) is 4.15. The Bertz CT molecular complexity index is 410. The van der Waals surface area contributed by atoms with E-state index >= 15 is 0 Å². The van der Waals surface area contributed by atoms with E-state index in [2.05, 4.69) is 5.32 Å². The SMILES string of the molecule is CC(=O)N[C@H]1CCCN(C(=O)C(F)(F)C2(O)CCC2)C1. The van der Waals surface area contributed by atoms with Crippen molar-refractivity contribution in [3.63, 3.8) is 0 Å². The van der Waals surface area contributed by atoms with E-state index < -0.39 is 17.4 Å². The van der Waals surface area contributed by atoms with Crippen molar-refractivity contribution in [1.29, 1.82) is 0 Å². The van der Waals surface area contributed by atoms with Crippen LogP contribution in [-0.4, -0.2) is 52.5 Å². The van der Waals surface area contributed by atoms with Gasteiger partial charge in [-0.05, 0) is 32.1 Å². The highest BCUT2D eigenvalue weighted by Gasteiger charge is 2.62. The molecule has 20 heavy (non-hydrogen) atoms. The summed E-state index contributed by atoms with van der Waals surface area (Å²) in [5, 5.41) is 12.4. The zero-order valence-corrected chi connectivity index (χ0v) is 11.5. The predicted molar refractivity (Wildman–Crippen MR) is 67.2 cm³/mol. The number of amides is 2. The number of hydrogen-bond acceptors (Lipinski definition) is 3. The lowest BCUT2D eigenvalue weighted by atomic mass is 9.75. The first-order chi connectivity index (χ1) is 9.26. The van der Waals surface area contributed by atoms with Crippen molar-refractivity contribution in [2.75, 3.05) is 13.1 Å². The molecule has 1 aliphatic heterocycles. The van der Waals surface area contributed by atoms with E-state index in [0.29, 0.717) is 19.3 Å². The topological polar surface area (TPSA) is 69.6 Å². The van der Waals surface area contributed by atoms with Gasteiger partial charge < -0.3 is 15.3 Å². The van der Waals surface area contributed by atoms with E-state index in [1.54, 1.807) is 0 Å². The number of likely N-dealkylation sites (tertiary alicyclic amines) is 1. The van der Waals surface area contributed by atoms with Crippen LogP contribution in [0.15, 0.2) is 0 Å². The largest absolute Gasteiger partial charge is 0.383 e. The molecule has 1 aliphatic carbocycles. The van der Waals surface area contributed by atoms with Crippen molar-refractivity contribution in [2.24, 2.45) is 0 Å². The lowest BCUT2D eigenvalue weighted by Gasteiger charge is -2.44. The number of carbonyl (C=O) groups is 2. The molecule has 0 aromatic heterocycles. The molecule has 2 aliphatic rings. The minimum Gasteiger partial charge on any atom is -0.383 e. The lowest BCUT2D eigenvalue weighted by Crippen LogP contribution is -2.63. The molecule has 0 aromatic carbocycles. The normalized spacial score (nSPS) is 25.8. The monoisotopic (exact) mass is 290 g/mol. The molecule has 0 unspecified atom stereocenters. The summed E-state index contributed by atoms with van der Waals surface area (Å²) in [6.07, 6.45) is 1.64. The van der Waals surface area contributed by atoms with Crippen molar-refractivity contribution in [2.45, 2.75) is 56.6 Å². The maximum atomic E-state index is 14.1. The molecule has 1 atom stereocenters. The molecular formula is C13H20F2N2O3. The molecule has 114 valence electrons. The minimum atomic E-state index is -3.75. The van der Waals surface area contributed by atoms with Crippen LogP contribution in [0.5, 0.6) is 0 Å². The Balaban J connectivity index is 2.03. The van der Waals surface area contributed by atoms with Crippen molar-refractivity contribution in [3.05, 3.63) is 0 Å². The van der Waals surface area contributed by atoms with Crippen LogP contribution in [0.3, 0.4) is 0 Å². The van der Waals surface area contributed by atoms with Crippen LogP contribution >= 0.6 is 0 Å². The fraction of sp³-hybridized carbons (Fsp3) is 0.846. The Morgan fingerprint density at radius 1 is 1.35 bits per heavy atom. The average molecular weight is 290 g/mol. The van der Waals surface area contributed by atoms with Gasteiger partial charge >= 0.3 is 5.92 Å². The summed E-state index contributed by atoms with van der Waals surface area (Å²) in [6, 6.07) is -0.294. The second-order valence-corrected chi connectivity index (χ2v) is 5.75. The van der Waals surface area contributed by atoms with Gasteiger partial charge in [0.05, 0.1) is 0 Å². The van der Waals surface area contributed by atoms with Crippen LogP contribution in [0.2, 0.25) is 0 Å². The zero-order chi connectivity index (χ0) is 15.0. The highest BCUT2D eigenvalue weighted by molar-refractivity contribution is 5.85. The van der Waals surface area contributed by atoms with Crippen LogP contribution in [0, 0.1) is 0 Å². The number of piperidine rings is 1. The number of aliphatic hydroxyl groups is 1. The summed E-state index contributed by atoms with van der Waals surface area (Å²) in [7, 11) is 0. The number of alkyl halides is 2. The molecule has 1 saturated heterocycles. The van der Waals surface area contributed by atoms with Gasteiger partial charge in [0.2, 0.25) is 5.91 Å². The lowest BCUT2D eigenvalue weighted by molar-refractivity contribution is -0.224. The van der Waals surface area contributed by atoms with Crippen LogP contribution in [0.25, 0.3) is 0 Å². The maximum Gasteiger partial charge on any atom is 0.352 e. The molecule has 7 heteroatoms. The van der Waals surface area contributed by atoms with E-state index in [1.807, 2.05) is 0 Å². The van der Waals surface area contributed by atoms with Crippen LogP contribution in [-0.2, 0) is 9.59 Å². The first-order valence-electron chi connectivity index (χ1n) is 6.93. The Labute approximate surface area is 116 Å². The van der Waals surface area contributed by atoms with E-state index in [1.165, 1.54) is 6.92 Å². The second-order valence-electron chi connectivity index (χ2n) is 5.75. The Kier molecular flexibility index (Phi) is 4.00. The molecule has 2 fully saturated rings. The van der Waals surface area contributed by atoms with Gasteiger partial charge in [-0.15, -0.1) is 0 Å². The van der Waals surface area contributed by atoms with Gasteiger partial charge in [0.15, 0.2) is 0 Å². The molecule has 1 heterocycles.